The standard InChI is InChI=1S/C10H13N3O3/c1-10(16-5-8(14)15)6-13(7-10)9-11-3-2-4-12-9/h2-4H,5-7H2,1H3,(H,14,15). The molecule has 1 aromatic heterocycles. The van der Waals surface area contributed by atoms with E-state index in [1.54, 1.807) is 18.5 Å². The lowest BCUT2D eigenvalue weighted by Crippen LogP contribution is -2.62. The van der Waals surface area contributed by atoms with E-state index in [1.807, 2.05) is 11.8 Å². The molecule has 1 aromatic rings. The summed E-state index contributed by atoms with van der Waals surface area (Å²) >= 11 is 0. The Morgan fingerprint density at radius 1 is 1.56 bits per heavy atom. The summed E-state index contributed by atoms with van der Waals surface area (Å²) in [6.07, 6.45) is 3.35. The smallest absolute Gasteiger partial charge is 0.329 e. The Bertz CT molecular complexity index is 376. The zero-order chi connectivity index (χ0) is 11.6. The molecule has 0 aromatic carbocycles. The van der Waals surface area contributed by atoms with Crippen molar-refractivity contribution in [3.8, 4) is 0 Å². The molecule has 0 radical (unpaired) electrons. The third-order valence-corrected chi connectivity index (χ3v) is 2.43. The highest BCUT2D eigenvalue weighted by Crippen LogP contribution is 2.27. The van der Waals surface area contributed by atoms with Crippen LogP contribution in [0.25, 0.3) is 0 Å². The minimum Gasteiger partial charge on any atom is -0.480 e. The van der Waals surface area contributed by atoms with Crippen LogP contribution >= 0.6 is 0 Å². The molecule has 0 bridgehead atoms. The zero-order valence-corrected chi connectivity index (χ0v) is 8.96. The summed E-state index contributed by atoms with van der Waals surface area (Å²) in [4.78, 5) is 20.5. The average molecular weight is 223 g/mol. The van der Waals surface area contributed by atoms with Crippen molar-refractivity contribution in [2.75, 3.05) is 24.6 Å². The first-order valence-corrected chi connectivity index (χ1v) is 4.97. The lowest BCUT2D eigenvalue weighted by molar-refractivity contribution is -0.150. The lowest BCUT2D eigenvalue weighted by Gasteiger charge is -2.47. The molecule has 2 heterocycles. The Morgan fingerprint density at radius 2 is 2.19 bits per heavy atom. The molecule has 6 nitrogen and oxygen atoms in total. The fourth-order valence-electron chi connectivity index (χ4n) is 1.68. The summed E-state index contributed by atoms with van der Waals surface area (Å²) in [5.41, 5.74) is -0.405. The monoisotopic (exact) mass is 223 g/mol. The molecule has 0 saturated carbocycles. The Kier molecular flexibility index (Phi) is 2.74. The zero-order valence-electron chi connectivity index (χ0n) is 8.96. The first-order chi connectivity index (χ1) is 7.59. The summed E-state index contributed by atoms with van der Waals surface area (Å²) in [7, 11) is 0. The lowest BCUT2D eigenvalue weighted by atomic mass is 9.97. The van der Waals surface area contributed by atoms with Crippen molar-refractivity contribution in [3.63, 3.8) is 0 Å². The number of rotatable bonds is 4. The maximum Gasteiger partial charge on any atom is 0.329 e. The summed E-state index contributed by atoms with van der Waals surface area (Å²) < 4.78 is 5.28. The van der Waals surface area contributed by atoms with Gasteiger partial charge in [0.05, 0.1) is 13.1 Å². The van der Waals surface area contributed by atoms with Crippen molar-refractivity contribution in [1.82, 2.24) is 9.97 Å². The van der Waals surface area contributed by atoms with E-state index in [4.69, 9.17) is 9.84 Å². The molecule has 1 fully saturated rings. The summed E-state index contributed by atoms with van der Waals surface area (Å²) in [6, 6.07) is 1.75. The van der Waals surface area contributed by atoms with E-state index in [0.29, 0.717) is 19.0 Å². The predicted molar refractivity (Wildman–Crippen MR) is 56.2 cm³/mol. The first kappa shape index (κ1) is 10.8. The number of nitrogens with zero attached hydrogens (tertiary/aromatic N) is 3. The molecule has 2 rings (SSSR count). The summed E-state index contributed by atoms with van der Waals surface area (Å²) in [5.74, 6) is -0.297. The number of carboxylic acids is 1. The molecular weight excluding hydrogens is 210 g/mol. The van der Waals surface area contributed by atoms with Crippen LogP contribution < -0.4 is 4.90 Å². The summed E-state index contributed by atoms with van der Waals surface area (Å²) in [5, 5.41) is 8.52. The van der Waals surface area contributed by atoms with E-state index in [-0.39, 0.29) is 6.61 Å². The SMILES string of the molecule is CC1(OCC(=O)O)CN(c2ncccn2)C1. The number of aromatic nitrogens is 2. The Morgan fingerprint density at radius 3 is 2.75 bits per heavy atom. The van der Waals surface area contributed by atoms with Crippen molar-refractivity contribution >= 4 is 11.9 Å². The van der Waals surface area contributed by atoms with Crippen molar-refractivity contribution < 1.29 is 14.6 Å². The largest absolute Gasteiger partial charge is 0.480 e. The van der Waals surface area contributed by atoms with Crippen LogP contribution in [0.1, 0.15) is 6.92 Å². The second kappa shape index (κ2) is 4.05. The molecule has 0 atom stereocenters. The number of hydrogen-bond acceptors (Lipinski definition) is 5. The van der Waals surface area contributed by atoms with Gasteiger partial charge in [-0.2, -0.15) is 0 Å². The molecule has 0 spiro atoms. The normalized spacial score (nSPS) is 17.9. The number of aliphatic carboxylic acids is 1. The molecule has 1 aliphatic heterocycles. The van der Waals surface area contributed by atoms with Gasteiger partial charge < -0.3 is 14.7 Å². The van der Waals surface area contributed by atoms with Crippen molar-refractivity contribution in [1.29, 1.82) is 0 Å². The van der Waals surface area contributed by atoms with Crippen LogP contribution in [0.5, 0.6) is 0 Å². The maximum atomic E-state index is 10.4. The topological polar surface area (TPSA) is 75.6 Å². The number of anilines is 1. The molecule has 16 heavy (non-hydrogen) atoms. The number of carbonyl (C=O) groups is 1. The van der Waals surface area contributed by atoms with Gasteiger partial charge in [-0.05, 0) is 13.0 Å². The Labute approximate surface area is 92.9 Å². The molecule has 1 saturated heterocycles. The van der Waals surface area contributed by atoms with Crippen LogP contribution in [0.4, 0.5) is 5.95 Å². The fraction of sp³-hybridized carbons (Fsp3) is 0.500. The van der Waals surface area contributed by atoms with Gasteiger partial charge in [-0.15, -0.1) is 0 Å². The highest BCUT2D eigenvalue weighted by Gasteiger charge is 2.41. The second-order valence-electron chi connectivity index (χ2n) is 4.04. The second-order valence-corrected chi connectivity index (χ2v) is 4.04. The van der Waals surface area contributed by atoms with Crippen LogP contribution in [-0.4, -0.2) is 46.3 Å². The van der Waals surface area contributed by atoms with Crippen molar-refractivity contribution in [2.45, 2.75) is 12.5 Å². The van der Waals surface area contributed by atoms with Crippen LogP contribution in [-0.2, 0) is 9.53 Å². The van der Waals surface area contributed by atoms with E-state index in [9.17, 15) is 4.79 Å². The van der Waals surface area contributed by atoms with E-state index in [2.05, 4.69) is 9.97 Å². The molecule has 1 N–H and O–H groups in total. The quantitative estimate of drug-likeness (QED) is 0.783. The van der Waals surface area contributed by atoms with Crippen molar-refractivity contribution in [2.24, 2.45) is 0 Å². The predicted octanol–water partition coefficient (Wildman–Crippen LogP) is 0.156. The van der Waals surface area contributed by atoms with Gasteiger partial charge in [0, 0.05) is 12.4 Å². The van der Waals surface area contributed by atoms with Crippen molar-refractivity contribution in [3.05, 3.63) is 18.5 Å². The van der Waals surface area contributed by atoms with Gasteiger partial charge in [0.25, 0.3) is 0 Å². The fourth-order valence-corrected chi connectivity index (χ4v) is 1.68. The minimum atomic E-state index is -0.948. The van der Waals surface area contributed by atoms with Crippen LogP contribution in [0, 0.1) is 0 Å². The molecular formula is C10H13N3O3. The Balaban J connectivity index is 1.87. The molecule has 86 valence electrons. The third kappa shape index (κ3) is 2.27. The summed E-state index contributed by atoms with van der Waals surface area (Å²) in [6.45, 7) is 2.85. The highest BCUT2D eigenvalue weighted by atomic mass is 16.5. The first-order valence-electron chi connectivity index (χ1n) is 4.97. The highest BCUT2D eigenvalue weighted by molar-refractivity contribution is 5.68. The molecule has 6 heteroatoms. The van der Waals surface area contributed by atoms with Gasteiger partial charge in [-0.3, -0.25) is 0 Å². The van der Waals surface area contributed by atoms with Gasteiger partial charge in [0.2, 0.25) is 5.95 Å². The van der Waals surface area contributed by atoms with Gasteiger partial charge in [-0.1, -0.05) is 0 Å². The average Bonchev–Trinajstić information content (AvgIpc) is 2.24. The van der Waals surface area contributed by atoms with E-state index in [0.717, 1.165) is 0 Å². The van der Waals surface area contributed by atoms with Crippen LogP contribution in [0.15, 0.2) is 18.5 Å². The van der Waals surface area contributed by atoms with E-state index < -0.39 is 11.6 Å². The molecule has 0 aliphatic carbocycles. The molecule has 0 unspecified atom stereocenters. The van der Waals surface area contributed by atoms with E-state index in [1.165, 1.54) is 0 Å². The third-order valence-electron chi connectivity index (χ3n) is 2.43. The van der Waals surface area contributed by atoms with Gasteiger partial charge in [0.15, 0.2) is 0 Å². The van der Waals surface area contributed by atoms with Crippen LogP contribution in [0.3, 0.4) is 0 Å². The molecule has 1 aliphatic rings. The van der Waals surface area contributed by atoms with Gasteiger partial charge in [-0.25, -0.2) is 14.8 Å². The minimum absolute atomic E-state index is 0.264. The number of hydrogen-bond donors (Lipinski definition) is 1. The van der Waals surface area contributed by atoms with Crippen LogP contribution in [0.2, 0.25) is 0 Å². The van der Waals surface area contributed by atoms with Gasteiger partial charge in [0.1, 0.15) is 12.2 Å². The maximum absolute atomic E-state index is 10.4. The molecule has 0 amide bonds. The van der Waals surface area contributed by atoms with E-state index >= 15 is 0 Å². The number of ether oxygens (including phenoxy) is 1. The number of carboxylic acid groups (broad SMARTS) is 1. The Hall–Kier alpha value is -1.69. The van der Waals surface area contributed by atoms with Gasteiger partial charge >= 0.3 is 5.97 Å².